The minimum Gasteiger partial charge on any atom is -0.306 e. The lowest BCUT2D eigenvalue weighted by molar-refractivity contribution is 0.484. The standard InChI is InChI=1S/C12H8N2O5S/c15-11-9-8(20(17,18)19)5-6-3-1-2-4-7(6)10(9)13-12(16)14-11/h1-5H,(H,17,18,19)(H2,13,14,15,16). The number of nitrogens with one attached hydrogen (secondary N) is 2. The Bertz CT molecular complexity index is 1060. The summed E-state index contributed by atoms with van der Waals surface area (Å²) in [5.74, 6) is 0. The summed E-state index contributed by atoms with van der Waals surface area (Å²) in [6, 6.07) is 7.81. The molecule has 0 saturated carbocycles. The molecule has 3 aromatic rings. The predicted octanol–water partition coefficient (Wildman–Crippen LogP) is 0.616. The summed E-state index contributed by atoms with van der Waals surface area (Å²) in [4.78, 5) is 27.1. The number of hydrogen-bond acceptors (Lipinski definition) is 4. The van der Waals surface area contributed by atoms with Gasteiger partial charge >= 0.3 is 5.69 Å². The van der Waals surface area contributed by atoms with E-state index in [1.54, 1.807) is 24.3 Å². The van der Waals surface area contributed by atoms with Crippen LogP contribution in [0.25, 0.3) is 21.7 Å². The van der Waals surface area contributed by atoms with Crippen molar-refractivity contribution in [3.05, 3.63) is 51.2 Å². The summed E-state index contributed by atoms with van der Waals surface area (Å²) in [5.41, 5.74) is -1.55. The molecule has 0 aliphatic rings. The number of aromatic amines is 2. The van der Waals surface area contributed by atoms with Crippen molar-refractivity contribution in [2.75, 3.05) is 0 Å². The van der Waals surface area contributed by atoms with Gasteiger partial charge in [0.1, 0.15) is 4.90 Å². The summed E-state index contributed by atoms with van der Waals surface area (Å²) in [7, 11) is -4.60. The Labute approximate surface area is 111 Å². The molecule has 2 aromatic carbocycles. The van der Waals surface area contributed by atoms with E-state index >= 15 is 0 Å². The molecule has 3 rings (SSSR count). The topological polar surface area (TPSA) is 120 Å². The Morgan fingerprint density at radius 1 is 1.05 bits per heavy atom. The van der Waals surface area contributed by atoms with E-state index in [1.165, 1.54) is 6.07 Å². The number of aromatic nitrogens is 2. The predicted molar refractivity (Wildman–Crippen MR) is 72.5 cm³/mol. The zero-order valence-electron chi connectivity index (χ0n) is 9.88. The molecular formula is C12H8N2O5S. The van der Waals surface area contributed by atoms with Crippen LogP contribution in [0.1, 0.15) is 0 Å². The first kappa shape index (κ1) is 12.6. The molecule has 8 heteroatoms. The molecule has 0 aliphatic carbocycles. The number of fused-ring (bicyclic) bond motifs is 3. The van der Waals surface area contributed by atoms with E-state index in [2.05, 4.69) is 4.98 Å². The molecule has 0 aliphatic heterocycles. The van der Waals surface area contributed by atoms with Gasteiger partial charge in [-0.1, -0.05) is 24.3 Å². The van der Waals surface area contributed by atoms with Gasteiger partial charge in [-0.15, -0.1) is 0 Å². The van der Waals surface area contributed by atoms with E-state index < -0.39 is 26.3 Å². The highest BCUT2D eigenvalue weighted by Gasteiger charge is 2.19. The monoisotopic (exact) mass is 292 g/mol. The Morgan fingerprint density at radius 3 is 2.45 bits per heavy atom. The molecule has 0 fully saturated rings. The Kier molecular flexibility index (Phi) is 2.53. The summed E-state index contributed by atoms with van der Waals surface area (Å²) >= 11 is 0. The Morgan fingerprint density at radius 2 is 1.75 bits per heavy atom. The summed E-state index contributed by atoms with van der Waals surface area (Å²) in [5, 5.41) is 0.720. The van der Waals surface area contributed by atoms with E-state index in [4.69, 9.17) is 0 Å². The Hall–Kier alpha value is -2.45. The third-order valence-corrected chi connectivity index (χ3v) is 3.86. The minimum absolute atomic E-state index is 0.0736. The van der Waals surface area contributed by atoms with Gasteiger partial charge in [0.15, 0.2) is 0 Å². The molecule has 0 spiro atoms. The van der Waals surface area contributed by atoms with Crippen molar-refractivity contribution in [2.45, 2.75) is 4.90 Å². The van der Waals surface area contributed by atoms with E-state index in [9.17, 15) is 22.6 Å². The second-order valence-electron chi connectivity index (χ2n) is 4.23. The molecule has 1 aromatic heterocycles. The maximum atomic E-state index is 11.9. The highest BCUT2D eigenvalue weighted by atomic mass is 32.2. The lowest BCUT2D eigenvalue weighted by Gasteiger charge is -2.07. The van der Waals surface area contributed by atoms with Gasteiger partial charge in [-0.3, -0.25) is 14.3 Å². The van der Waals surface area contributed by atoms with Crippen molar-refractivity contribution in [3.8, 4) is 0 Å². The molecule has 20 heavy (non-hydrogen) atoms. The fraction of sp³-hybridized carbons (Fsp3) is 0. The number of benzene rings is 2. The molecule has 0 amide bonds. The molecule has 0 atom stereocenters. The normalized spacial score (nSPS) is 12.1. The molecule has 102 valence electrons. The van der Waals surface area contributed by atoms with Crippen LogP contribution in [0.2, 0.25) is 0 Å². The maximum absolute atomic E-state index is 11.9. The van der Waals surface area contributed by atoms with Crippen molar-refractivity contribution >= 4 is 31.8 Å². The molecule has 1 heterocycles. The molecule has 3 N–H and O–H groups in total. The van der Waals surface area contributed by atoms with Gasteiger partial charge in [-0.05, 0) is 11.5 Å². The number of rotatable bonds is 1. The fourth-order valence-corrected chi connectivity index (χ4v) is 2.92. The average molecular weight is 292 g/mol. The van der Waals surface area contributed by atoms with Crippen LogP contribution < -0.4 is 11.2 Å². The van der Waals surface area contributed by atoms with E-state index in [1.807, 2.05) is 4.98 Å². The fourth-order valence-electron chi connectivity index (χ4n) is 2.19. The highest BCUT2D eigenvalue weighted by Crippen LogP contribution is 2.27. The summed E-state index contributed by atoms with van der Waals surface area (Å²) < 4.78 is 32.1. The lowest BCUT2D eigenvalue weighted by atomic mass is 10.1. The van der Waals surface area contributed by atoms with Crippen LogP contribution >= 0.6 is 0 Å². The van der Waals surface area contributed by atoms with E-state index in [0.717, 1.165) is 0 Å². The number of H-pyrrole nitrogens is 2. The van der Waals surface area contributed by atoms with Crippen LogP contribution in [-0.4, -0.2) is 22.9 Å². The molecule has 0 bridgehead atoms. The second-order valence-corrected chi connectivity index (χ2v) is 5.62. The van der Waals surface area contributed by atoms with Crippen molar-refractivity contribution in [1.82, 2.24) is 9.97 Å². The smallest absolute Gasteiger partial charge is 0.306 e. The lowest BCUT2D eigenvalue weighted by Crippen LogP contribution is -2.23. The molecule has 0 saturated heterocycles. The van der Waals surface area contributed by atoms with Gasteiger partial charge in [-0.25, -0.2) is 4.79 Å². The van der Waals surface area contributed by atoms with Crippen molar-refractivity contribution in [2.24, 2.45) is 0 Å². The van der Waals surface area contributed by atoms with Crippen LogP contribution in [-0.2, 0) is 10.1 Å². The zero-order valence-corrected chi connectivity index (χ0v) is 10.7. The van der Waals surface area contributed by atoms with Crippen molar-refractivity contribution in [3.63, 3.8) is 0 Å². The second kappa shape index (κ2) is 4.02. The minimum atomic E-state index is -4.60. The Balaban J connectivity index is 2.77. The maximum Gasteiger partial charge on any atom is 0.326 e. The number of hydrogen-bond donors (Lipinski definition) is 3. The van der Waals surface area contributed by atoms with Crippen molar-refractivity contribution < 1.29 is 13.0 Å². The zero-order chi connectivity index (χ0) is 14.5. The third kappa shape index (κ3) is 1.82. The van der Waals surface area contributed by atoms with Gasteiger partial charge in [-0.2, -0.15) is 8.42 Å². The van der Waals surface area contributed by atoms with Gasteiger partial charge in [0.2, 0.25) is 0 Å². The molecular weight excluding hydrogens is 284 g/mol. The largest absolute Gasteiger partial charge is 0.326 e. The van der Waals surface area contributed by atoms with Crippen LogP contribution in [0.3, 0.4) is 0 Å². The van der Waals surface area contributed by atoms with Crippen LogP contribution in [0.5, 0.6) is 0 Å². The van der Waals surface area contributed by atoms with Gasteiger partial charge in [0.05, 0.1) is 10.9 Å². The molecule has 0 unspecified atom stereocenters. The SMILES string of the molecule is O=c1[nH]c(=O)c2c(S(=O)(=O)O)cc3ccccc3c2[nH]1. The van der Waals surface area contributed by atoms with E-state index in [-0.39, 0.29) is 10.9 Å². The van der Waals surface area contributed by atoms with Gasteiger partial charge in [0.25, 0.3) is 15.7 Å². The van der Waals surface area contributed by atoms with Crippen LogP contribution in [0.15, 0.2) is 44.8 Å². The molecule has 7 nitrogen and oxygen atoms in total. The summed E-state index contributed by atoms with van der Waals surface area (Å²) in [6.07, 6.45) is 0. The van der Waals surface area contributed by atoms with Gasteiger partial charge < -0.3 is 4.98 Å². The highest BCUT2D eigenvalue weighted by molar-refractivity contribution is 7.86. The first-order chi connectivity index (χ1) is 9.38. The van der Waals surface area contributed by atoms with Crippen LogP contribution in [0, 0.1) is 0 Å². The van der Waals surface area contributed by atoms with E-state index in [0.29, 0.717) is 10.8 Å². The van der Waals surface area contributed by atoms with Crippen LogP contribution in [0.4, 0.5) is 0 Å². The quantitative estimate of drug-likeness (QED) is 0.448. The third-order valence-electron chi connectivity index (χ3n) is 2.98. The molecule has 0 radical (unpaired) electrons. The summed E-state index contributed by atoms with van der Waals surface area (Å²) in [6.45, 7) is 0. The average Bonchev–Trinajstić information content (AvgIpc) is 2.36. The van der Waals surface area contributed by atoms with Crippen molar-refractivity contribution in [1.29, 1.82) is 0 Å². The van der Waals surface area contributed by atoms with Gasteiger partial charge in [0, 0.05) is 5.39 Å². The first-order valence-corrected chi connectivity index (χ1v) is 6.97. The first-order valence-electron chi connectivity index (χ1n) is 5.53.